The molecule has 3 N–H and O–H groups in total. The summed E-state index contributed by atoms with van der Waals surface area (Å²) < 4.78 is 22.7. The van der Waals surface area contributed by atoms with Crippen LogP contribution < -0.4 is 15.8 Å². The first-order chi connectivity index (χ1) is 13.4. The molecule has 8 heteroatoms. The Balaban J connectivity index is 1.61. The molecule has 0 saturated carbocycles. The van der Waals surface area contributed by atoms with Gasteiger partial charge in [0.1, 0.15) is 23.5 Å². The molecule has 1 unspecified atom stereocenters. The molecule has 1 fully saturated rings. The standard InChI is InChI=1S/C20H21N3O5/c1-18(2)19(9-25-10-19)20(11-27-17(21)23-20)13-8-12(5-6-14(13)28-18)22-16(24)15-4-3-7-26-15/h3-8H,9-11H2,1-2H3,(H2,21,23)(H,22,24). The van der Waals surface area contributed by atoms with Crippen molar-refractivity contribution in [3.63, 3.8) is 0 Å². The summed E-state index contributed by atoms with van der Waals surface area (Å²) in [5, 5.41) is 2.86. The van der Waals surface area contributed by atoms with Gasteiger partial charge in [-0.25, -0.2) is 4.99 Å². The van der Waals surface area contributed by atoms with Crippen molar-refractivity contribution in [2.75, 3.05) is 25.1 Å². The summed E-state index contributed by atoms with van der Waals surface area (Å²) in [4.78, 5) is 17.1. The zero-order valence-electron chi connectivity index (χ0n) is 15.7. The Morgan fingerprint density at radius 3 is 2.64 bits per heavy atom. The van der Waals surface area contributed by atoms with Gasteiger partial charge in [0.05, 0.1) is 24.9 Å². The van der Waals surface area contributed by atoms with Gasteiger partial charge in [0.25, 0.3) is 11.9 Å². The molecule has 2 aromatic rings. The van der Waals surface area contributed by atoms with Gasteiger partial charge >= 0.3 is 0 Å². The molecule has 1 atom stereocenters. The van der Waals surface area contributed by atoms with Crippen LogP contribution in [0.25, 0.3) is 0 Å². The van der Waals surface area contributed by atoms with Crippen LogP contribution in [-0.4, -0.2) is 37.4 Å². The number of furan rings is 1. The van der Waals surface area contributed by atoms with E-state index in [2.05, 4.69) is 5.32 Å². The highest BCUT2D eigenvalue weighted by Crippen LogP contribution is 2.62. The second-order valence-corrected chi connectivity index (χ2v) is 7.93. The Morgan fingerprint density at radius 1 is 1.21 bits per heavy atom. The molecule has 28 heavy (non-hydrogen) atoms. The minimum Gasteiger partial charge on any atom is -0.487 e. The minimum atomic E-state index is -0.738. The molecular weight excluding hydrogens is 362 g/mol. The molecule has 8 nitrogen and oxygen atoms in total. The maximum Gasteiger partial charge on any atom is 0.291 e. The Bertz CT molecular complexity index is 978. The topological polar surface area (TPSA) is 108 Å². The van der Waals surface area contributed by atoms with Crippen molar-refractivity contribution < 1.29 is 23.4 Å². The number of carbonyl (C=O) groups excluding carboxylic acids is 1. The third-order valence-corrected chi connectivity index (χ3v) is 6.16. The highest BCUT2D eigenvalue weighted by Gasteiger charge is 2.71. The predicted molar refractivity (Wildman–Crippen MR) is 100 cm³/mol. The van der Waals surface area contributed by atoms with Crippen LogP contribution in [0.4, 0.5) is 5.69 Å². The van der Waals surface area contributed by atoms with Crippen LogP contribution in [0.5, 0.6) is 5.75 Å². The molecule has 3 aliphatic rings. The summed E-state index contributed by atoms with van der Waals surface area (Å²) >= 11 is 0. The highest BCUT2D eigenvalue weighted by molar-refractivity contribution is 6.02. The number of ether oxygens (including phenoxy) is 3. The Kier molecular flexibility index (Phi) is 3.37. The average molecular weight is 383 g/mol. The first kappa shape index (κ1) is 17.1. The van der Waals surface area contributed by atoms with Crippen molar-refractivity contribution in [3.8, 4) is 5.75 Å². The molecule has 146 valence electrons. The minimum absolute atomic E-state index is 0.153. The summed E-state index contributed by atoms with van der Waals surface area (Å²) in [5.74, 6) is 0.601. The molecule has 4 heterocycles. The molecule has 0 bridgehead atoms. The van der Waals surface area contributed by atoms with Crippen LogP contribution in [-0.2, 0) is 15.0 Å². The van der Waals surface area contributed by atoms with E-state index in [1.54, 1.807) is 18.2 Å². The van der Waals surface area contributed by atoms with Crippen molar-refractivity contribution in [1.29, 1.82) is 0 Å². The number of aliphatic imine (C=N–C) groups is 1. The van der Waals surface area contributed by atoms with Gasteiger partial charge in [-0.15, -0.1) is 0 Å². The number of benzene rings is 1. The van der Waals surface area contributed by atoms with Gasteiger partial charge in [0.2, 0.25) is 0 Å². The van der Waals surface area contributed by atoms with E-state index < -0.39 is 16.6 Å². The zero-order valence-corrected chi connectivity index (χ0v) is 15.7. The lowest BCUT2D eigenvalue weighted by molar-refractivity contribution is -0.247. The van der Waals surface area contributed by atoms with Crippen molar-refractivity contribution in [2.24, 2.45) is 16.1 Å². The third kappa shape index (κ3) is 2.09. The van der Waals surface area contributed by atoms with E-state index in [0.717, 1.165) is 5.56 Å². The van der Waals surface area contributed by atoms with Crippen molar-refractivity contribution >= 4 is 17.6 Å². The number of amides is 1. The largest absolute Gasteiger partial charge is 0.487 e. The van der Waals surface area contributed by atoms with Crippen molar-refractivity contribution in [2.45, 2.75) is 25.0 Å². The van der Waals surface area contributed by atoms with E-state index in [1.807, 2.05) is 26.0 Å². The Labute approximate surface area is 161 Å². The lowest BCUT2D eigenvalue weighted by Gasteiger charge is -2.61. The quantitative estimate of drug-likeness (QED) is 0.823. The number of nitrogens with one attached hydrogen (secondary N) is 1. The number of nitrogens with two attached hydrogens (primary N) is 1. The van der Waals surface area contributed by atoms with Crippen LogP contribution in [0.1, 0.15) is 30.0 Å². The fourth-order valence-electron chi connectivity index (χ4n) is 4.46. The predicted octanol–water partition coefficient (Wildman–Crippen LogP) is 2.26. The summed E-state index contributed by atoms with van der Waals surface area (Å²) in [5.41, 5.74) is 5.68. The normalized spacial score (nSPS) is 26.0. The SMILES string of the molecule is CC1(C)Oc2ccc(NC(=O)c3ccco3)cc2C2(COC(N)=N2)C12COC2. The second kappa shape index (κ2) is 5.51. The van der Waals surface area contributed by atoms with Crippen LogP contribution in [0.2, 0.25) is 0 Å². The summed E-state index contributed by atoms with van der Waals surface area (Å²) in [6.07, 6.45) is 1.46. The molecule has 1 saturated heterocycles. The number of amidine groups is 1. The number of carbonyl (C=O) groups is 1. The summed E-state index contributed by atoms with van der Waals surface area (Å²) in [6, 6.07) is 8.93. The van der Waals surface area contributed by atoms with Gasteiger partial charge in [-0.1, -0.05) is 0 Å². The molecule has 5 rings (SSSR count). The van der Waals surface area contributed by atoms with E-state index in [1.165, 1.54) is 6.26 Å². The van der Waals surface area contributed by atoms with Gasteiger partial charge < -0.3 is 29.7 Å². The lowest BCUT2D eigenvalue weighted by Crippen LogP contribution is -2.71. The van der Waals surface area contributed by atoms with Gasteiger partial charge in [-0.05, 0) is 44.2 Å². The van der Waals surface area contributed by atoms with Gasteiger partial charge in [0, 0.05) is 11.3 Å². The Hall–Kier alpha value is -3.00. The summed E-state index contributed by atoms with van der Waals surface area (Å²) in [7, 11) is 0. The number of hydrogen-bond acceptors (Lipinski definition) is 7. The maximum atomic E-state index is 12.4. The van der Waals surface area contributed by atoms with Gasteiger partial charge in [-0.2, -0.15) is 0 Å². The van der Waals surface area contributed by atoms with Crippen LogP contribution >= 0.6 is 0 Å². The fraction of sp³-hybridized carbons (Fsp3) is 0.400. The molecule has 3 aliphatic heterocycles. The number of hydrogen-bond donors (Lipinski definition) is 2. The van der Waals surface area contributed by atoms with E-state index in [4.69, 9.17) is 29.4 Å². The summed E-state index contributed by atoms with van der Waals surface area (Å²) in [6.45, 7) is 5.36. The van der Waals surface area contributed by atoms with Crippen LogP contribution in [0, 0.1) is 5.41 Å². The zero-order chi connectivity index (χ0) is 19.6. The van der Waals surface area contributed by atoms with Gasteiger partial charge in [0.15, 0.2) is 5.76 Å². The van der Waals surface area contributed by atoms with Gasteiger partial charge in [-0.3, -0.25) is 4.79 Å². The number of nitrogens with zero attached hydrogens (tertiary/aromatic N) is 1. The maximum absolute atomic E-state index is 12.4. The highest BCUT2D eigenvalue weighted by atomic mass is 16.5. The molecule has 1 amide bonds. The van der Waals surface area contributed by atoms with Crippen molar-refractivity contribution in [3.05, 3.63) is 47.9 Å². The first-order valence-corrected chi connectivity index (χ1v) is 9.11. The molecule has 1 aromatic carbocycles. The second-order valence-electron chi connectivity index (χ2n) is 7.93. The Morgan fingerprint density at radius 2 is 2.04 bits per heavy atom. The molecule has 0 radical (unpaired) electrons. The lowest BCUT2D eigenvalue weighted by atomic mass is 9.55. The van der Waals surface area contributed by atoms with E-state index in [-0.39, 0.29) is 17.7 Å². The molecular formula is C20H21N3O5. The van der Waals surface area contributed by atoms with E-state index in [0.29, 0.717) is 31.3 Å². The van der Waals surface area contributed by atoms with Crippen LogP contribution in [0.15, 0.2) is 46.0 Å². The fourth-order valence-corrected chi connectivity index (χ4v) is 4.46. The number of fused-ring (bicyclic) bond motifs is 3. The molecule has 2 spiro atoms. The van der Waals surface area contributed by atoms with Crippen LogP contribution in [0.3, 0.4) is 0 Å². The smallest absolute Gasteiger partial charge is 0.291 e. The molecule has 1 aromatic heterocycles. The monoisotopic (exact) mass is 383 g/mol. The number of anilines is 1. The average Bonchev–Trinajstić information content (AvgIpc) is 3.25. The van der Waals surface area contributed by atoms with Crippen molar-refractivity contribution in [1.82, 2.24) is 0 Å². The third-order valence-electron chi connectivity index (χ3n) is 6.16. The first-order valence-electron chi connectivity index (χ1n) is 9.11. The van der Waals surface area contributed by atoms with E-state index >= 15 is 0 Å². The van der Waals surface area contributed by atoms with E-state index in [9.17, 15) is 4.79 Å². The molecule has 0 aliphatic carbocycles. The number of rotatable bonds is 2.